The van der Waals surface area contributed by atoms with Crippen LogP contribution in [0.4, 0.5) is 5.69 Å². The molecule has 4 aromatic rings. The van der Waals surface area contributed by atoms with Crippen molar-refractivity contribution in [2.24, 2.45) is 0 Å². The Kier molecular flexibility index (Phi) is 6.26. The molecule has 3 heterocycles. The highest BCUT2D eigenvalue weighted by atomic mass is 16.5. The lowest BCUT2D eigenvalue weighted by Gasteiger charge is -2.40. The molecule has 188 valence electrons. The Labute approximate surface area is 210 Å². The summed E-state index contributed by atoms with van der Waals surface area (Å²) in [5, 5.41) is 13.8. The Hall–Kier alpha value is -3.72. The van der Waals surface area contributed by atoms with Gasteiger partial charge in [0, 0.05) is 37.4 Å². The van der Waals surface area contributed by atoms with Gasteiger partial charge in [-0.05, 0) is 79.4 Å². The number of hydrogen-bond acceptors (Lipinski definition) is 7. The minimum atomic E-state index is -0.370. The summed E-state index contributed by atoms with van der Waals surface area (Å²) in [6.07, 6.45) is 0. The first-order chi connectivity index (χ1) is 17.3. The van der Waals surface area contributed by atoms with Gasteiger partial charge in [-0.15, -0.1) is 5.10 Å². The number of tetrazole rings is 1. The third-order valence-corrected chi connectivity index (χ3v) is 6.90. The lowest BCUT2D eigenvalue weighted by atomic mass is 10.00. The molecule has 1 saturated heterocycles. The number of pyridine rings is 1. The van der Waals surface area contributed by atoms with Crippen LogP contribution in [0.15, 0.2) is 53.3 Å². The van der Waals surface area contributed by atoms with Gasteiger partial charge in [0.25, 0.3) is 5.56 Å². The topological polar surface area (TPSA) is 92.2 Å². The number of rotatable bonds is 5. The predicted octanol–water partition coefficient (Wildman–Crippen LogP) is 3.50. The average Bonchev–Trinajstić information content (AvgIpc) is 3.36. The van der Waals surface area contributed by atoms with Gasteiger partial charge in [0.15, 0.2) is 5.82 Å². The molecule has 0 unspecified atom stereocenters. The maximum Gasteiger partial charge on any atom is 0.253 e. The number of piperazine rings is 1. The van der Waals surface area contributed by atoms with Crippen LogP contribution in [0.2, 0.25) is 0 Å². The second-order valence-corrected chi connectivity index (χ2v) is 10.3. The van der Waals surface area contributed by atoms with Crippen LogP contribution in [0.5, 0.6) is 5.75 Å². The van der Waals surface area contributed by atoms with E-state index < -0.39 is 0 Å². The van der Waals surface area contributed by atoms with Gasteiger partial charge in [-0.3, -0.25) is 9.69 Å². The number of nitrogens with one attached hydrogen (secondary N) is 1. The molecular weight excluding hydrogens is 454 g/mol. The second-order valence-electron chi connectivity index (χ2n) is 10.3. The van der Waals surface area contributed by atoms with Crippen LogP contribution >= 0.6 is 0 Å². The number of aromatic amines is 1. The summed E-state index contributed by atoms with van der Waals surface area (Å²) in [6.45, 7) is 11.4. The van der Waals surface area contributed by atoms with Crippen molar-refractivity contribution in [2.75, 3.05) is 38.2 Å². The van der Waals surface area contributed by atoms with Crippen molar-refractivity contribution in [3.63, 3.8) is 0 Å². The zero-order valence-electron chi connectivity index (χ0n) is 21.5. The quantitative estimate of drug-likeness (QED) is 0.461. The molecule has 0 aliphatic carbocycles. The molecule has 1 N–H and O–H groups in total. The van der Waals surface area contributed by atoms with E-state index in [1.165, 1.54) is 0 Å². The summed E-state index contributed by atoms with van der Waals surface area (Å²) < 4.78 is 7.14. The molecule has 1 fully saturated rings. The standard InChI is InChI=1S/C27H33N7O2/c1-18-7-6-8-19-17-22(26(35)28-23(18)19)24(25-29-30-31-34(25)27(2,3)4)33-15-13-32(14-16-33)20-9-11-21(36-5)12-10-20/h6-12,17,24H,13-16H2,1-5H3,(H,28,35)/t24-/m0/s1. The van der Waals surface area contributed by atoms with Crippen molar-refractivity contribution >= 4 is 16.6 Å². The van der Waals surface area contributed by atoms with Crippen LogP contribution in [0.25, 0.3) is 10.9 Å². The van der Waals surface area contributed by atoms with Crippen molar-refractivity contribution in [2.45, 2.75) is 39.3 Å². The molecule has 9 nitrogen and oxygen atoms in total. The van der Waals surface area contributed by atoms with Crippen molar-refractivity contribution in [3.05, 3.63) is 75.8 Å². The van der Waals surface area contributed by atoms with E-state index in [9.17, 15) is 4.79 Å². The van der Waals surface area contributed by atoms with Gasteiger partial charge >= 0.3 is 0 Å². The molecule has 36 heavy (non-hydrogen) atoms. The van der Waals surface area contributed by atoms with Gasteiger partial charge in [-0.2, -0.15) is 0 Å². The molecular formula is C27H33N7O2. The maximum absolute atomic E-state index is 13.5. The molecule has 2 aromatic carbocycles. The number of hydrogen-bond donors (Lipinski definition) is 1. The largest absolute Gasteiger partial charge is 0.497 e. The number of para-hydroxylation sites is 1. The van der Waals surface area contributed by atoms with Crippen molar-refractivity contribution in [3.8, 4) is 5.75 Å². The van der Waals surface area contributed by atoms with Crippen LogP contribution in [0.1, 0.15) is 43.8 Å². The summed E-state index contributed by atoms with van der Waals surface area (Å²) in [4.78, 5) is 21.3. The first-order valence-electron chi connectivity index (χ1n) is 12.3. The highest BCUT2D eigenvalue weighted by molar-refractivity contribution is 5.82. The fourth-order valence-corrected chi connectivity index (χ4v) is 4.98. The van der Waals surface area contributed by atoms with Crippen molar-refractivity contribution in [1.29, 1.82) is 0 Å². The summed E-state index contributed by atoms with van der Waals surface area (Å²) in [5.41, 5.74) is 3.28. The lowest BCUT2D eigenvalue weighted by Crippen LogP contribution is -2.49. The zero-order valence-corrected chi connectivity index (χ0v) is 21.5. The average molecular weight is 488 g/mol. The molecule has 1 aliphatic heterocycles. The van der Waals surface area contributed by atoms with Gasteiger partial charge in [0.1, 0.15) is 11.8 Å². The van der Waals surface area contributed by atoms with E-state index in [1.54, 1.807) is 7.11 Å². The first-order valence-corrected chi connectivity index (χ1v) is 12.3. The zero-order chi connectivity index (χ0) is 25.4. The molecule has 1 atom stereocenters. The van der Waals surface area contributed by atoms with Crippen molar-refractivity contribution in [1.82, 2.24) is 30.1 Å². The third-order valence-electron chi connectivity index (χ3n) is 6.90. The van der Waals surface area contributed by atoms with Crippen LogP contribution in [0, 0.1) is 6.92 Å². The monoisotopic (exact) mass is 487 g/mol. The fourth-order valence-electron chi connectivity index (χ4n) is 4.98. The highest BCUT2D eigenvalue weighted by Crippen LogP contribution is 2.31. The second kappa shape index (κ2) is 9.39. The van der Waals surface area contributed by atoms with Crippen LogP contribution < -0.4 is 15.2 Å². The Morgan fingerprint density at radius 2 is 1.75 bits per heavy atom. The van der Waals surface area contributed by atoms with Gasteiger partial charge in [0.05, 0.1) is 18.2 Å². The van der Waals surface area contributed by atoms with Crippen LogP contribution in [0.3, 0.4) is 0 Å². The lowest BCUT2D eigenvalue weighted by molar-refractivity contribution is 0.190. The first kappa shape index (κ1) is 24.0. The normalized spacial score (nSPS) is 15.9. The van der Waals surface area contributed by atoms with Gasteiger partial charge in [0.2, 0.25) is 0 Å². The Morgan fingerprint density at radius 1 is 1.03 bits per heavy atom. The number of benzene rings is 2. The van der Waals surface area contributed by atoms with Crippen LogP contribution in [-0.2, 0) is 5.54 Å². The smallest absolute Gasteiger partial charge is 0.253 e. The Bertz CT molecular complexity index is 1410. The Morgan fingerprint density at radius 3 is 2.42 bits per heavy atom. The van der Waals surface area contributed by atoms with Crippen molar-refractivity contribution < 1.29 is 4.74 Å². The SMILES string of the molecule is COc1ccc(N2CCN([C@@H](c3cc4cccc(C)c4[nH]c3=O)c3nnnn3C(C)(C)C)CC2)cc1. The number of aromatic nitrogens is 5. The number of methoxy groups -OCH3 is 1. The van der Waals surface area contributed by atoms with E-state index in [2.05, 4.69) is 63.2 Å². The summed E-state index contributed by atoms with van der Waals surface area (Å²) >= 11 is 0. The molecule has 1 aliphatic rings. The van der Waals surface area contributed by atoms with Gasteiger partial charge in [-0.1, -0.05) is 18.2 Å². The minimum absolute atomic E-state index is 0.108. The van der Waals surface area contributed by atoms with Crippen LogP contribution in [-0.4, -0.2) is 63.4 Å². The van der Waals surface area contributed by atoms with E-state index >= 15 is 0 Å². The summed E-state index contributed by atoms with van der Waals surface area (Å²) in [6, 6.07) is 15.8. The summed E-state index contributed by atoms with van der Waals surface area (Å²) in [5.74, 6) is 1.52. The molecule has 0 radical (unpaired) electrons. The number of H-pyrrole nitrogens is 1. The molecule has 5 rings (SSSR count). The number of fused-ring (bicyclic) bond motifs is 1. The van der Waals surface area contributed by atoms with E-state index in [0.29, 0.717) is 11.4 Å². The number of nitrogens with zero attached hydrogens (tertiary/aromatic N) is 6. The van der Waals surface area contributed by atoms with E-state index in [0.717, 1.165) is 54.1 Å². The van der Waals surface area contributed by atoms with Gasteiger partial charge in [-0.25, -0.2) is 4.68 Å². The molecule has 2 aromatic heterocycles. The van der Waals surface area contributed by atoms with E-state index in [4.69, 9.17) is 4.74 Å². The minimum Gasteiger partial charge on any atom is -0.497 e. The maximum atomic E-state index is 13.5. The summed E-state index contributed by atoms with van der Waals surface area (Å²) in [7, 11) is 1.68. The Balaban J connectivity index is 1.53. The molecule has 0 saturated carbocycles. The number of ether oxygens (including phenoxy) is 1. The number of aryl methyl sites for hydroxylation is 1. The third kappa shape index (κ3) is 4.46. The molecule has 0 amide bonds. The predicted molar refractivity (Wildman–Crippen MR) is 141 cm³/mol. The van der Waals surface area contributed by atoms with E-state index in [-0.39, 0.29) is 17.1 Å². The number of anilines is 1. The molecule has 0 spiro atoms. The van der Waals surface area contributed by atoms with Gasteiger partial charge < -0.3 is 14.6 Å². The molecule has 9 heteroatoms. The van der Waals surface area contributed by atoms with E-state index in [1.807, 2.05) is 48.0 Å². The highest BCUT2D eigenvalue weighted by Gasteiger charge is 2.35. The fraction of sp³-hybridized carbons (Fsp3) is 0.407. The molecule has 0 bridgehead atoms.